The molecule has 1 aromatic carbocycles. The number of anilines is 1. The third-order valence-corrected chi connectivity index (χ3v) is 4.87. The van der Waals surface area contributed by atoms with Crippen molar-refractivity contribution >= 4 is 5.69 Å². The predicted octanol–water partition coefficient (Wildman–Crippen LogP) is 3.26. The lowest BCUT2D eigenvalue weighted by molar-refractivity contribution is 0.274. The third-order valence-electron chi connectivity index (χ3n) is 4.87. The Morgan fingerprint density at radius 3 is 2.22 bits per heavy atom. The highest BCUT2D eigenvalue weighted by Gasteiger charge is 2.21. The van der Waals surface area contributed by atoms with Crippen LogP contribution in [0, 0.1) is 0 Å². The molecule has 23 heavy (non-hydrogen) atoms. The van der Waals surface area contributed by atoms with Crippen LogP contribution >= 0.6 is 0 Å². The van der Waals surface area contributed by atoms with E-state index < -0.39 is 0 Å². The third kappa shape index (κ3) is 3.11. The zero-order chi connectivity index (χ0) is 16.2. The maximum Gasteiger partial charge on any atom is 0.112 e. The SMILES string of the molecule is CCC(CC)c1c(CO)nnn1-c1ccc(N2CCCC2)cc1. The molecule has 0 radical (unpaired) electrons. The molecule has 1 aliphatic heterocycles. The number of hydrogen-bond acceptors (Lipinski definition) is 4. The molecule has 0 saturated carbocycles. The summed E-state index contributed by atoms with van der Waals surface area (Å²) < 4.78 is 1.90. The average Bonchev–Trinajstić information content (AvgIpc) is 3.26. The van der Waals surface area contributed by atoms with E-state index in [0.717, 1.165) is 37.3 Å². The van der Waals surface area contributed by atoms with Crippen LogP contribution in [-0.4, -0.2) is 33.2 Å². The van der Waals surface area contributed by atoms with E-state index in [2.05, 4.69) is 53.3 Å². The van der Waals surface area contributed by atoms with Crippen molar-refractivity contribution in [2.75, 3.05) is 18.0 Å². The van der Waals surface area contributed by atoms with Crippen molar-refractivity contribution in [3.05, 3.63) is 35.7 Å². The van der Waals surface area contributed by atoms with Crippen LogP contribution in [0.4, 0.5) is 5.69 Å². The lowest BCUT2D eigenvalue weighted by Crippen LogP contribution is -2.17. The molecule has 1 saturated heterocycles. The van der Waals surface area contributed by atoms with Crippen LogP contribution < -0.4 is 4.90 Å². The second kappa shape index (κ2) is 7.13. The summed E-state index contributed by atoms with van der Waals surface area (Å²) in [5.74, 6) is 0.366. The summed E-state index contributed by atoms with van der Waals surface area (Å²) in [6.07, 6.45) is 4.60. The summed E-state index contributed by atoms with van der Waals surface area (Å²) in [6.45, 7) is 6.58. The smallest absolute Gasteiger partial charge is 0.112 e. The van der Waals surface area contributed by atoms with E-state index in [4.69, 9.17) is 0 Å². The molecule has 1 fully saturated rings. The average molecular weight is 314 g/mol. The first-order valence-corrected chi connectivity index (χ1v) is 8.69. The van der Waals surface area contributed by atoms with Crippen LogP contribution in [0.1, 0.15) is 56.8 Å². The monoisotopic (exact) mass is 314 g/mol. The highest BCUT2D eigenvalue weighted by Crippen LogP contribution is 2.28. The fourth-order valence-corrected chi connectivity index (χ4v) is 3.49. The quantitative estimate of drug-likeness (QED) is 0.889. The fraction of sp³-hybridized carbons (Fsp3) is 0.556. The zero-order valence-electron chi connectivity index (χ0n) is 14.1. The van der Waals surface area contributed by atoms with E-state index in [-0.39, 0.29) is 6.61 Å². The second-order valence-corrected chi connectivity index (χ2v) is 6.22. The first-order valence-electron chi connectivity index (χ1n) is 8.69. The topological polar surface area (TPSA) is 54.2 Å². The minimum absolute atomic E-state index is 0.0578. The van der Waals surface area contributed by atoms with Crippen molar-refractivity contribution in [2.24, 2.45) is 0 Å². The van der Waals surface area contributed by atoms with Gasteiger partial charge in [0, 0.05) is 24.7 Å². The molecule has 0 atom stereocenters. The van der Waals surface area contributed by atoms with Gasteiger partial charge >= 0.3 is 0 Å². The number of aromatic nitrogens is 3. The lowest BCUT2D eigenvalue weighted by Gasteiger charge is -2.19. The molecule has 0 spiro atoms. The van der Waals surface area contributed by atoms with E-state index in [1.54, 1.807) is 0 Å². The number of nitrogens with zero attached hydrogens (tertiary/aromatic N) is 4. The van der Waals surface area contributed by atoms with Crippen molar-refractivity contribution in [1.29, 1.82) is 0 Å². The first-order chi connectivity index (χ1) is 11.3. The molecular weight excluding hydrogens is 288 g/mol. The van der Waals surface area contributed by atoms with Gasteiger partial charge in [0.15, 0.2) is 0 Å². The van der Waals surface area contributed by atoms with Crippen LogP contribution in [-0.2, 0) is 6.61 Å². The summed E-state index contributed by atoms with van der Waals surface area (Å²) in [4.78, 5) is 2.42. The number of aliphatic hydroxyl groups is 1. The molecule has 5 heteroatoms. The lowest BCUT2D eigenvalue weighted by atomic mass is 9.97. The number of hydrogen-bond donors (Lipinski definition) is 1. The van der Waals surface area contributed by atoms with Crippen LogP contribution in [0.15, 0.2) is 24.3 Å². The maximum atomic E-state index is 9.58. The molecule has 1 aliphatic rings. The van der Waals surface area contributed by atoms with Crippen molar-refractivity contribution in [2.45, 2.75) is 52.1 Å². The van der Waals surface area contributed by atoms with Crippen molar-refractivity contribution in [1.82, 2.24) is 15.0 Å². The van der Waals surface area contributed by atoms with Crippen molar-refractivity contribution in [3.63, 3.8) is 0 Å². The Balaban J connectivity index is 1.93. The van der Waals surface area contributed by atoms with Crippen molar-refractivity contribution < 1.29 is 5.11 Å². The maximum absolute atomic E-state index is 9.58. The summed E-state index contributed by atoms with van der Waals surface area (Å²) in [7, 11) is 0. The largest absolute Gasteiger partial charge is 0.390 e. The molecule has 2 aromatic rings. The molecule has 124 valence electrons. The Bertz CT molecular complexity index is 625. The van der Waals surface area contributed by atoms with Gasteiger partial charge in [-0.05, 0) is 49.9 Å². The first kappa shape index (κ1) is 16.0. The highest BCUT2D eigenvalue weighted by molar-refractivity contribution is 5.51. The number of rotatable bonds is 6. The number of benzene rings is 1. The minimum atomic E-state index is -0.0578. The molecule has 0 amide bonds. The Kier molecular flexibility index (Phi) is 4.96. The molecule has 2 heterocycles. The molecule has 0 bridgehead atoms. The van der Waals surface area contributed by atoms with E-state index in [1.807, 2.05) is 4.68 Å². The van der Waals surface area contributed by atoms with Gasteiger partial charge < -0.3 is 10.0 Å². The van der Waals surface area contributed by atoms with Gasteiger partial charge in [0.25, 0.3) is 0 Å². The molecular formula is C18H26N4O. The Labute approximate surface area is 137 Å². The van der Waals surface area contributed by atoms with E-state index >= 15 is 0 Å². The van der Waals surface area contributed by atoms with Gasteiger partial charge in [-0.25, -0.2) is 4.68 Å². The van der Waals surface area contributed by atoms with Gasteiger partial charge in [0.1, 0.15) is 5.69 Å². The zero-order valence-corrected chi connectivity index (χ0v) is 14.1. The standard InChI is InChI=1S/C18H26N4O/c1-3-14(4-2)18-17(13-23)19-20-22(18)16-9-7-15(8-10-16)21-11-5-6-12-21/h7-10,14,23H,3-6,11-13H2,1-2H3. The Morgan fingerprint density at radius 2 is 1.65 bits per heavy atom. The summed E-state index contributed by atoms with van der Waals surface area (Å²) in [6, 6.07) is 8.54. The minimum Gasteiger partial charge on any atom is -0.390 e. The molecule has 0 aliphatic carbocycles. The molecule has 1 N–H and O–H groups in total. The summed E-state index contributed by atoms with van der Waals surface area (Å²) in [5, 5.41) is 18.1. The van der Waals surface area contributed by atoms with Gasteiger partial charge in [0.2, 0.25) is 0 Å². The predicted molar refractivity (Wildman–Crippen MR) is 92.1 cm³/mol. The second-order valence-electron chi connectivity index (χ2n) is 6.22. The van der Waals surface area contributed by atoms with Crippen molar-refractivity contribution in [3.8, 4) is 5.69 Å². The molecule has 1 aromatic heterocycles. The van der Waals surface area contributed by atoms with E-state index in [1.165, 1.54) is 18.5 Å². The van der Waals surface area contributed by atoms with Crippen LogP contribution in [0.5, 0.6) is 0 Å². The van der Waals surface area contributed by atoms with Crippen LogP contribution in [0.2, 0.25) is 0 Å². The van der Waals surface area contributed by atoms with Gasteiger partial charge in [-0.1, -0.05) is 19.1 Å². The van der Waals surface area contributed by atoms with Gasteiger partial charge in [0.05, 0.1) is 18.0 Å². The van der Waals surface area contributed by atoms with Gasteiger partial charge in [-0.2, -0.15) is 0 Å². The fourth-order valence-electron chi connectivity index (χ4n) is 3.49. The normalized spacial score (nSPS) is 14.9. The van der Waals surface area contributed by atoms with Gasteiger partial charge in [-0.15, -0.1) is 5.10 Å². The van der Waals surface area contributed by atoms with E-state index in [0.29, 0.717) is 11.6 Å². The van der Waals surface area contributed by atoms with Gasteiger partial charge in [-0.3, -0.25) is 0 Å². The highest BCUT2D eigenvalue weighted by atomic mass is 16.3. The molecule has 5 nitrogen and oxygen atoms in total. The molecule has 3 rings (SSSR count). The van der Waals surface area contributed by atoms with Crippen LogP contribution in [0.3, 0.4) is 0 Å². The Hall–Kier alpha value is -1.88. The van der Waals surface area contributed by atoms with Crippen LogP contribution in [0.25, 0.3) is 5.69 Å². The van der Waals surface area contributed by atoms with E-state index in [9.17, 15) is 5.11 Å². The number of aliphatic hydroxyl groups excluding tert-OH is 1. The summed E-state index contributed by atoms with van der Waals surface area (Å²) in [5.41, 5.74) is 4.04. The molecule has 0 unspecified atom stereocenters. The summed E-state index contributed by atoms with van der Waals surface area (Å²) >= 11 is 0. The Morgan fingerprint density at radius 1 is 1.04 bits per heavy atom.